The van der Waals surface area contributed by atoms with Crippen molar-refractivity contribution in [3.63, 3.8) is 0 Å². The molecular weight excluding hydrogens is 341 g/mol. The fourth-order valence-corrected chi connectivity index (χ4v) is 2.10. The lowest BCUT2D eigenvalue weighted by Crippen LogP contribution is -2.04. The van der Waals surface area contributed by atoms with Gasteiger partial charge in [0, 0.05) is 10.2 Å². The van der Waals surface area contributed by atoms with Gasteiger partial charge in [0.05, 0.1) is 0 Å². The quantitative estimate of drug-likeness (QED) is 0.619. The Balaban J connectivity index is 2.19. The summed E-state index contributed by atoms with van der Waals surface area (Å²) in [6.07, 6.45) is 0. The molecule has 0 atom stereocenters. The van der Waals surface area contributed by atoms with E-state index in [1.54, 1.807) is 13.0 Å². The Hall–Kier alpha value is -1.27. The molecule has 0 saturated carbocycles. The van der Waals surface area contributed by atoms with E-state index < -0.39 is 11.6 Å². The highest BCUT2D eigenvalue weighted by Crippen LogP contribution is 2.25. The van der Waals surface area contributed by atoms with Gasteiger partial charge in [0.2, 0.25) is 5.82 Å². The molecule has 0 N–H and O–H groups in total. The van der Waals surface area contributed by atoms with Crippen molar-refractivity contribution >= 4 is 27.5 Å². The first-order valence-corrected chi connectivity index (χ1v) is 6.40. The molecule has 0 aliphatic rings. The van der Waals surface area contributed by atoms with Crippen LogP contribution in [0.1, 0.15) is 11.5 Å². The molecule has 0 spiro atoms. The third kappa shape index (κ3) is 3.61. The first-order valence-electron chi connectivity index (χ1n) is 5.23. The van der Waals surface area contributed by atoms with E-state index in [2.05, 4.69) is 25.9 Å². The minimum atomic E-state index is -1.05. The molecule has 3 nitrogen and oxygen atoms in total. The molecule has 1 aromatic heterocycles. The van der Waals surface area contributed by atoms with Crippen molar-refractivity contribution in [2.24, 2.45) is 0 Å². The zero-order valence-corrected chi connectivity index (χ0v) is 12.1. The molecular formula is C12H8BrClF2N2O. The van der Waals surface area contributed by atoms with E-state index >= 15 is 0 Å². The molecule has 19 heavy (non-hydrogen) atoms. The zero-order chi connectivity index (χ0) is 14.0. The molecule has 0 radical (unpaired) electrons. The van der Waals surface area contributed by atoms with Crippen molar-refractivity contribution < 1.29 is 13.5 Å². The monoisotopic (exact) mass is 348 g/mol. The van der Waals surface area contributed by atoms with E-state index in [-0.39, 0.29) is 17.5 Å². The Labute approximate surface area is 121 Å². The number of halogens is 4. The van der Waals surface area contributed by atoms with Crippen LogP contribution in [0.3, 0.4) is 0 Å². The molecule has 0 aliphatic heterocycles. The third-order valence-electron chi connectivity index (χ3n) is 2.19. The zero-order valence-electron chi connectivity index (χ0n) is 9.75. The van der Waals surface area contributed by atoms with Crippen molar-refractivity contribution in [1.29, 1.82) is 0 Å². The number of aryl methyl sites for hydroxylation is 1. The molecule has 0 bridgehead atoms. The van der Waals surface area contributed by atoms with E-state index in [0.717, 1.165) is 6.07 Å². The van der Waals surface area contributed by atoms with Gasteiger partial charge in [-0.1, -0.05) is 27.5 Å². The summed E-state index contributed by atoms with van der Waals surface area (Å²) in [4.78, 5) is 8.00. The molecule has 0 fully saturated rings. The maximum Gasteiger partial charge on any atom is 0.200 e. The fraction of sp³-hybridized carbons (Fsp3) is 0.167. The average Bonchev–Trinajstić information content (AvgIpc) is 2.30. The van der Waals surface area contributed by atoms with Crippen LogP contribution in [0.25, 0.3) is 0 Å². The summed E-state index contributed by atoms with van der Waals surface area (Å²) in [6.45, 7) is 1.64. The van der Waals surface area contributed by atoms with Crippen LogP contribution in [0.5, 0.6) is 5.75 Å². The summed E-state index contributed by atoms with van der Waals surface area (Å²) in [6, 6.07) is 3.93. The summed E-state index contributed by atoms with van der Waals surface area (Å²) >= 11 is 8.82. The van der Waals surface area contributed by atoms with Crippen molar-refractivity contribution in [3.05, 3.63) is 51.0 Å². The van der Waals surface area contributed by atoms with Crippen LogP contribution in [-0.4, -0.2) is 9.97 Å². The van der Waals surface area contributed by atoms with Crippen LogP contribution in [0.4, 0.5) is 8.78 Å². The maximum atomic E-state index is 13.5. The minimum Gasteiger partial charge on any atom is -0.482 e. The predicted molar refractivity (Wildman–Crippen MR) is 70.2 cm³/mol. The van der Waals surface area contributed by atoms with E-state index in [0.29, 0.717) is 16.0 Å². The Morgan fingerprint density at radius 3 is 2.68 bits per heavy atom. The molecule has 100 valence electrons. The first kappa shape index (κ1) is 14.1. The summed E-state index contributed by atoms with van der Waals surface area (Å²) in [5, 5.41) is 0.270. The van der Waals surface area contributed by atoms with E-state index in [1.165, 1.54) is 6.07 Å². The highest BCUT2D eigenvalue weighted by atomic mass is 79.9. The number of aromatic nitrogens is 2. The van der Waals surface area contributed by atoms with Crippen molar-refractivity contribution in [1.82, 2.24) is 9.97 Å². The molecule has 0 unspecified atom stereocenters. The molecule has 2 aromatic rings. The van der Waals surface area contributed by atoms with Crippen LogP contribution in [0.15, 0.2) is 22.7 Å². The largest absolute Gasteiger partial charge is 0.482 e. The molecule has 1 heterocycles. The molecule has 0 saturated heterocycles. The van der Waals surface area contributed by atoms with Gasteiger partial charge in [-0.3, -0.25) is 0 Å². The number of nitrogens with zero attached hydrogens (tertiary/aromatic N) is 2. The first-order chi connectivity index (χ1) is 8.95. The lowest BCUT2D eigenvalue weighted by molar-refractivity contribution is 0.275. The standard InChI is InChI=1S/C12H8BrClF2N2O/c1-6-2-10(14)18-11(17-6)5-19-9-4-7(13)3-8(15)12(9)16/h2-4H,5H2,1H3. The Bertz CT molecular complexity index is 605. The van der Waals surface area contributed by atoms with Crippen LogP contribution in [0, 0.1) is 18.6 Å². The number of benzene rings is 1. The van der Waals surface area contributed by atoms with Crippen molar-refractivity contribution in [2.75, 3.05) is 0 Å². The number of ether oxygens (including phenoxy) is 1. The highest BCUT2D eigenvalue weighted by molar-refractivity contribution is 9.10. The number of hydrogen-bond acceptors (Lipinski definition) is 3. The topological polar surface area (TPSA) is 35.0 Å². The second-order valence-corrected chi connectivity index (χ2v) is 5.04. The average molecular weight is 350 g/mol. The second kappa shape index (κ2) is 5.79. The Kier molecular flexibility index (Phi) is 4.31. The van der Waals surface area contributed by atoms with Gasteiger partial charge in [-0.05, 0) is 25.1 Å². The van der Waals surface area contributed by atoms with Crippen LogP contribution in [-0.2, 0) is 6.61 Å². The van der Waals surface area contributed by atoms with Gasteiger partial charge in [-0.25, -0.2) is 14.4 Å². The number of hydrogen-bond donors (Lipinski definition) is 0. The van der Waals surface area contributed by atoms with Gasteiger partial charge < -0.3 is 4.74 Å². The maximum absolute atomic E-state index is 13.5. The number of rotatable bonds is 3. The molecule has 7 heteroatoms. The minimum absolute atomic E-state index is 0.103. The summed E-state index contributed by atoms with van der Waals surface area (Å²) in [5.41, 5.74) is 0.666. The Morgan fingerprint density at radius 2 is 2.00 bits per heavy atom. The summed E-state index contributed by atoms with van der Waals surface area (Å²) in [5.74, 6) is -1.97. The summed E-state index contributed by atoms with van der Waals surface area (Å²) in [7, 11) is 0. The Morgan fingerprint density at radius 1 is 1.26 bits per heavy atom. The van der Waals surface area contributed by atoms with E-state index in [9.17, 15) is 8.78 Å². The molecule has 0 aliphatic carbocycles. The second-order valence-electron chi connectivity index (χ2n) is 3.74. The predicted octanol–water partition coefficient (Wildman–Crippen LogP) is 4.06. The molecule has 1 aromatic carbocycles. The summed E-state index contributed by atoms with van der Waals surface area (Å²) < 4.78 is 32.2. The lowest BCUT2D eigenvalue weighted by Gasteiger charge is -2.08. The third-order valence-corrected chi connectivity index (χ3v) is 2.84. The van der Waals surface area contributed by atoms with Crippen molar-refractivity contribution in [2.45, 2.75) is 13.5 Å². The highest BCUT2D eigenvalue weighted by Gasteiger charge is 2.12. The molecule has 2 rings (SSSR count). The fourth-order valence-electron chi connectivity index (χ4n) is 1.43. The van der Waals surface area contributed by atoms with Crippen LogP contribution >= 0.6 is 27.5 Å². The van der Waals surface area contributed by atoms with E-state index in [1.807, 2.05) is 0 Å². The normalized spacial score (nSPS) is 10.6. The van der Waals surface area contributed by atoms with Gasteiger partial charge in [0.15, 0.2) is 17.4 Å². The van der Waals surface area contributed by atoms with Crippen molar-refractivity contribution in [3.8, 4) is 5.75 Å². The van der Waals surface area contributed by atoms with Gasteiger partial charge in [-0.15, -0.1) is 0 Å². The smallest absolute Gasteiger partial charge is 0.200 e. The molecule has 0 amide bonds. The van der Waals surface area contributed by atoms with Gasteiger partial charge in [0.1, 0.15) is 11.8 Å². The van der Waals surface area contributed by atoms with Crippen LogP contribution in [0.2, 0.25) is 5.15 Å². The van der Waals surface area contributed by atoms with Gasteiger partial charge in [-0.2, -0.15) is 4.39 Å². The van der Waals surface area contributed by atoms with Crippen LogP contribution < -0.4 is 4.74 Å². The van der Waals surface area contributed by atoms with E-state index in [4.69, 9.17) is 16.3 Å². The van der Waals surface area contributed by atoms with Gasteiger partial charge >= 0.3 is 0 Å². The van der Waals surface area contributed by atoms with Gasteiger partial charge in [0.25, 0.3) is 0 Å². The SMILES string of the molecule is Cc1cc(Cl)nc(COc2cc(Br)cc(F)c2F)n1. The lowest BCUT2D eigenvalue weighted by atomic mass is 10.3.